The molecule has 1 N–H and O–H groups in total. The highest BCUT2D eigenvalue weighted by Gasteiger charge is 2.02. The lowest BCUT2D eigenvalue weighted by molar-refractivity contribution is 0.410. The molecule has 4 heteroatoms. The number of methoxy groups -OCH3 is 1. The molecule has 10 heavy (non-hydrogen) atoms. The lowest BCUT2D eigenvalue weighted by atomic mass is 10.3. The van der Waals surface area contributed by atoms with Gasteiger partial charge in [0.05, 0.1) is 19.0 Å². The topological polar surface area (TPSA) is 37.9 Å². The van der Waals surface area contributed by atoms with E-state index in [0.29, 0.717) is 5.88 Å². The molecule has 0 amide bonds. The Morgan fingerprint density at radius 2 is 2.60 bits per heavy atom. The van der Waals surface area contributed by atoms with Crippen LogP contribution < -0.4 is 4.74 Å². The molecule has 0 bridgehead atoms. The number of halogens is 1. The van der Waals surface area contributed by atoms with Gasteiger partial charge in [0.1, 0.15) is 0 Å². The number of aromatic amines is 1. The smallest absolute Gasteiger partial charge is 0.159 e. The second-order valence-corrected chi connectivity index (χ2v) is 2.23. The third-order valence-corrected chi connectivity index (χ3v) is 1.43. The predicted octanol–water partition coefficient (Wildman–Crippen LogP) is 1.20. The minimum absolute atomic E-state index is 0.582. The van der Waals surface area contributed by atoms with Crippen molar-refractivity contribution < 1.29 is 4.74 Å². The summed E-state index contributed by atoms with van der Waals surface area (Å²) in [7, 11) is 1.61. The quantitative estimate of drug-likeness (QED) is 0.675. The molecular formula is C6H9ClN2O. The summed E-state index contributed by atoms with van der Waals surface area (Å²) in [5.41, 5.74) is 0.956. The van der Waals surface area contributed by atoms with E-state index >= 15 is 0 Å². The van der Waals surface area contributed by atoms with E-state index in [1.165, 1.54) is 0 Å². The van der Waals surface area contributed by atoms with Crippen LogP contribution in [0, 0.1) is 0 Å². The number of hydrogen-bond donors (Lipinski definition) is 1. The summed E-state index contributed by atoms with van der Waals surface area (Å²) in [6, 6.07) is 0. The summed E-state index contributed by atoms with van der Waals surface area (Å²) in [4.78, 5) is 0. The third kappa shape index (κ3) is 1.42. The molecule has 1 aromatic rings. The first-order valence-corrected chi connectivity index (χ1v) is 3.54. The predicted molar refractivity (Wildman–Crippen MR) is 39.6 cm³/mol. The van der Waals surface area contributed by atoms with Crippen molar-refractivity contribution in [1.29, 1.82) is 0 Å². The fraction of sp³-hybridized carbons (Fsp3) is 0.500. The molecule has 0 aliphatic rings. The van der Waals surface area contributed by atoms with Crippen molar-refractivity contribution >= 4 is 11.6 Å². The lowest BCUT2D eigenvalue weighted by Gasteiger charge is -1.96. The summed E-state index contributed by atoms with van der Waals surface area (Å²) >= 11 is 5.52. The molecule has 0 fully saturated rings. The first-order chi connectivity index (χ1) is 4.88. The van der Waals surface area contributed by atoms with Gasteiger partial charge < -0.3 is 4.74 Å². The molecule has 0 aromatic carbocycles. The van der Waals surface area contributed by atoms with E-state index < -0.39 is 0 Å². The molecule has 0 saturated carbocycles. The first-order valence-electron chi connectivity index (χ1n) is 3.00. The van der Waals surface area contributed by atoms with Crippen LogP contribution in [0.15, 0.2) is 6.20 Å². The number of aryl methyl sites for hydroxylation is 1. The van der Waals surface area contributed by atoms with Crippen molar-refractivity contribution in [3.8, 4) is 5.75 Å². The minimum Gasteiger partial charge on any atom is -0.493 e. The number of H-pyrrole nitrogens is 1. The molecule has 0 saturated heterocycles. The SMILES string of the molecule is COc1cn[nH]c1CCCl. The van der Waals surface area contributed by atoms with Gasteiger partial charge in [0.15, 0.2) is 5.75 Å². The molecule has 56 valence electrons. The average molecular weight is 161 g/mol. The Labute approximate surface area is 64.3 Å². The van der Waals surface area contributed by atoms with Crippen LogP contribution in [0.25, 0.3) is 0 Å². The Balaban J connectivity index is 2.70. The van der Waals surface area contributed by atoms with Crippen molar-refractivity contribution in [2.45, 2.75) is 6.42 Å². The summed E-state index contributed by atoms with van der Waals surface area (Å²) in [5.74, 6) is 1.36. The largest absolute Gasteiger partial charge is 0.493 e. The maximum Gasteiger partial charge on any atom is 0.159 e. The molecule has 0 atom stereocenters. The Bertz CT molecular complexity index is 199. The highest BCUT2D eigenvalue weighted by Crippen LogP contribution is 2.14. The molecule has 0 aliphatic carbocycles. The molecule has 1 heterocycles. The summed E-state index contributed by atoms with van der Waals surface area (Å²) in [6.45, 7) is 0. The van der Waals surface area contributed by atoms with Crippen LogP contribution in [-0.2, 0) is 6.42 Å². The highest BCUT2D eigenvalue weighted by molar-refractivity contribution is 6.17. The number of nitrogens with zero attached hydrogens (tertiary/aromatic N) is 1. The Morgan fingerprint density at radius 1 is 1.80 bits per heavy atom. The summed E-state index contributed by atoms with van der Waals surface area (Å²) in [5, 5.41) is 6.60. The molecule has 0 radical (unpaired) electrons. The third-order valence-electron chi connectivity index (χ3n) is 1.24. The molecule has 1 aromatic heterocycles. The summed E-state index contributed by atoms with van der Waals surface area (Å²) in [6.07, 6.45) is 2.41. The van der Waals surface area contributed by atoms with Crippen LogP contribution in [0.5, 0.6) is 5.75 Å². The van der Waals surface area contributed by atoms with Gasteiger partial charge in [-0.05, 0) is 0 Å². The van der Waals surface area contributed by atoms with E-state index in [1.54, 1.807) is 13.3 Å². The van der Waals surface area contributed by atoms with Crippen molar-refractivity contribution in [2.24, 2.45) is 0 Å². The van der Waals surface area contributed by atoms with Gasteiger partial charge in [0, 0.05) is 12.3 Å². The van der Waals surface area contributed by atoms with Gasteiger partial charge in [-0.2, -0.15) is 5.10 Å². The van der Waals surface area contributed by atoms with Gasteiger partial charge in [0.2, 0.25) is 0 Å². The van der Waals surface area contributed by atoms with Crippen LogP contribution >= 0.6 is 11.6 Å². The molecule has 3 nitrogen and oxygen atoms in total. The number of hydrogen-bond acceptors (Lipinski definition) is 2. The first kappa shape index (κ1) is 7.41. The van der Waals surface area contributed by atoms with Gasteiger partial charge >= 0.3 is 0 Å². The highest BCUT2D eigenvalue weighted by atomic mass is 35.5. The standard InChI is InChI=1S/C6H9ClN2O/c1-10-6-4-8-9-5(6)2-3-7/h4H,2-3H2,1H3,(H,8,9). The van der Waals surface area contributed by atoms with E-state index in [4.69, 9.17) is 16.3 Å². The molecule has 1 rings (SSSR count). The zero-order valence-electron chi connectivity index (χ0n) is 5.72. The molecule has 0 spiro atoms. The number of nitrogens with one attached hydrogen (secondary N) is 1. The fourth-order valence-corrected chi connectivity index (χ4v) is 0.940. The Kier molecular flexibility index (Phi) is 2.57. The van der Waals surface area contributed by atoms with E-state index in [9.17, 15) is 0 Å². The van der Waals surface area contributed by atoms with Crippen LogP contribution in [0.4, 0.5) is 0 Å². The van der Waals surface area contributed by atoms with Crippen LogP contribution in [0.2, 0.25) is 0 Å². The normalized spacial score (nSPS) is 9.80. The maximum absolute atomic E-state index is 5.52. The van der Waals surface area contributed by atoms with E-state index in [0.717, 1.165) is 17.9 Å². The minimum atomic E-state index is 0.582. The average Bonchev–Trinajstić information content (AvgIpc) is 2.36. The van der Waals surface area contributed by atoms with Crippen LogP contribution in [0.3, 0.4) is 0 Å². The number of aromatic nitrogens is 2. The van der Waals surface area contributed by atoms with Gasteiger partial charge in [0.25, 0.3) is 0 Å². The molecule has 0 unspecified atom stereocenters. The van der Waals surface area contributed by atoms with Gasteiger partial charge in [-0.1, -0.05) is 0 Å². The molecular weight excluding hydrogens is 152 g/mol. The second kappa shape index (κ2) is 3.46. The maximum atomic E-state index is 5.52. The van der Waals surface area contributed by atoms with Crippen molar-refractivity contribution in [2.75, 3.05) is 13.0 Å². The Morgan fingerprint density at radius 3 is 3.20 bits per heavy atom. The van der Waals surface area contributed by atoms with Gasteiger partial charge in [-0.25, -0.2) is 0 Å². The lowest BCUT2D eigenvalue weighted by Crippen LogP contribution is -1.90. The summed E-state index contributed by atoms with van der Waals surface area (Å²) < 4.78 is 4.99. The van der Waals surface area contributed by atoms with Crippen molar-refractivity contribution in [1.82, 2.24) is 10.2 Å². The van der Waals surface area contributed by atoms with Crippen molar-refractivity contribution in [3.05, 3.63) is 11.9 Å². The molecule has 0 aliphatic heterocycles. The van der Waals surface area contributed by atoms with E-state index in [1.807, 2.05) is 0 Å². The van der Waals surface area contributed by atoms with Crippen molar-refractivity contribution in [3.63, 3.8) is 0 Å². The fourth-order valence-electron chi connectivity index (χ4n) is 0.751. The van der Waals surface area contributed by atoms with Gasteiger partial charge in [-0.15, -0.1) is 11.6 Å². The monoisotopic (exact) mass is 160 g/mol. The van der Waals surface area contributed by atoms with Gasteiger partial charge in [-0.3, -0.25) is 5.10 Å². The number of ether oxygens (including phenoxy) is 1. The van der Waals surface area contributed by atoms with E-state index in [2.05, 4.69) is 10.2 Å². The second-order valence-electron chi connectivity index (χ2n) is 1.86. The number of alkyl halides is 1. The van der Waals surface area contributed by atoms with Crippen LogP contribution in [-0.4, -0.2) is 23.2 Å². The zero-order valence-corrected chi connectivity index (χ0v) is 6.48. The van der Waals surface area contributed by atoms with E-state index in [-0.39, 0.29) is 0 Å². The number of rotatable bonds is 3. The zero-order chi connectivity index (χ0) is 7.40. The Hall–Kier alpha value is -0.700. The van der Waals surface area contributed by atoms with Crippen LogP contribution in [0.1, 0.15) is 5.69 Å².